The molecule has 0 radical (unpaired) electrons. The van der Waals surface area contributed by atoms with Gasteiger partial charge in [-0.15, -0.1) is 0 Å². The molecule has 0 spiro atoms. The fourth-order valence-corrected chi connectivity index (χ4v) is 4.44. The number of nitrogens with zero attached hydrogens (tertiary/aromatic N) is 1. The minimum atomic E-state index is -0.247. The van der Waals surface area contributed by atoms with Crippen molar-refractivity contribution in [1.82, 2.24) is 4.90 Å². The van der Waals surface area contributed by atoms with E-state index in [2.05, 4.69) is 79.5 Å². The Labute approximate surface area is 152 Å². The molecule has 3 rings (SSSR count). The molecule has 4 atom stereocenters. The summed E-state index contributed by atoms with van der Waals surface area (Å²) in [4.78, 5) is 2.49. The van der Waals surface area contributed by atoms with Crippen LogP contribution >= 0.6 is 0 Å². The molecule has 2 aromatic carbocycles. The summed E-state index contributed by atoms with van der Waals surface area (Å²) in [6, 6.07) is 21.9. The lowest BCUT2D eigenvalue weighted by Gasteiger charge is -2.47. The van der Waals surface area contributed by atoms with Crippen LogP contribution in [0.15, 0.2) is 60.7 Å². The van der Waals surface area contributed by atoms with E-state index in [9.17, 15) is 5.11 Å². The number of likely N-dealkylation sites (tertiary alicyclic amines) is 1. The Hall–Kier alpha value is -1.64. The van der Waals surface area contributed by atoms with Gasteiger partial charge in [0.25, 0.3) is 0 Å². The molecular formula is C23H31NO. The maximum atomic E-state index is 11.0. The first kappa shape index (κ1) is 18.2. The molecule has 1 heterocycles. The van der Waals surface area contributed by atoms with E-state index in [0.29, 0.717) is 5.92 Å². The highest BCUT2D eigenvalue weighted by atomic mass is 16.3. The number of unbranched alkanes of at least 4 members (excludes halogenated alkanes) is 2. The molecule has 0 aliphatic carbocycles. The Balaban J connectivity index is 1.90. The van der Waals surface area contributed by atoms with Crippen molar-refractivity contribution < 1.29 is 5.11 Å². The number of aliphatic hydroxyl groups is 1. The number of piperidine rings is 1. The van der Waals surface area contributed by atoms with Gasteiger partial charge in [0, 0.05) is 18.0 Å². The van der Waals surface area contributed by atoms with Crippen LogP contribution in [0.25, 0.3) is 0 Å². The molecular weight excluding hydrogens is 306 g/mol. The summed E-state index contributed by atoms with van der Waals surface area (Å²) < 4.78 is 0. The maximum Gasteiger partial charge on any atom is 0.0604 e. The van der Waals surface area contributed by atoms with Gasteiger partial charge in [-0.05, 0) is 31.0 Å². The quantitative estimate of drug-likeness (QED) is 0.717. The van der Waals surface area contributed by atoms with Crippen LogP contribution in [-0.2, 0) is 0 Å². The van der Waals surface area contributed by atoms with Gasteiger partial charge in [-0.2, -0.15) is 0 Å². The van der Waals surface area contributed by atoms with Gasteiger partial charge in [0.1, 0.15) is 0 Å². The highest BCUT2D eigenvalue weighted by Gasteiger charge is 2.41. The Bertz CT molecular complexity index is 627. The molecule has 134 valence electrons. The number of rotatable bonds is 6. The Kier molecular flexibility index (Phi) is 6.28. The van der Waals surface area contributed by atoms with E-state index in [4.69, 9.17) is 0 Å². The van der Waals surface area contributed by atoms with Crippen LogP contribution in [0.5, 0.6) is 0 Å². The normalized spacial score (nSPS) is 27.3. The summed E-state index contributed by atoms with van der Waals surface area (Å²) in [6.45, 7) is 2.24. The van der Waals surface area contributed by atoms with Crippen LogP contribution < -0.4 is 0 Å². The van der Waals surface area contributed by atoms with Crippen molar-refractivity contribution in [3.8, 4) is 0 Å². The number of hydrogen-bond donors (Lipinski definition) is 1. The summed E-state index contributed by atoms with van der Waals surface area (Å²) in [5, 5.41) is 11.0. The highest BCUT2D eigenvalue weighted by molar-refractivity contribution is 5.25. The van der Waals surface area contributed by atoms with Crippen LogP contribution in [0.4, 0.5) is 0 Å². The Morgan fingerprint density at radius 1 is 0.920 bits per heavy atom. The molecule has 1 aliphatic rings. The van der Waals surface area contributed by atoms with Crippen molar-refractivity contribution in [3.63, 3.8) is 0 Å². The highest BCUT2D eigenvalue weighted by Crippen LogP contribution is 2.45. The van der Waals surface area contributed by atoms with Gasteiger partial charge >= 0.3 is 0 Å². The minimum absolute atomic E-state index is 0.247. The average Bonchev–Trinajstić information content (AvgIpc) is 2.66. The number of benzene rings is 2. The fraction of sp³-hybridized carbons (Fsp3) is 0.478. The van der Waals surface area contributed by atoms with Crippen LogP contribution in [0.3, 0.4) is 0 Å². The minimum Gasteiger partial charge on any atom is -0.393 e. The van der Waals surface area contributed by atoms with Crippen molar-refractivity contribution in [2.75, 3.05) is 7.05 Å². The lowest BCUT2D eigenvalue weighted by atomic mass is 9.76. The fourth-order valence-electron chi connectivity index (χ4n) is 4.44. The van der Waals surface area contributed by atoms with Crippen molar-refractivity contribution in [3.05, 3.63) is 71.8 Å². The van der Waals surface area contributed by atoms with E-state index in [0.717, 1.165) is 12.8 Å². The standard InChI is InChI=1S/C23H31NO/c1-3-4-7-16-20-22(25)17-21(18-12-8-5-9-13-18)24(2)23(20)19-14-10-6-11-15-19/h5-6,8-15,20-23,25H,3-4,7,16-17H2,1-2H3/t20-,21+,22+,23-/m1/s1. The molecule has 1 aliphatic heterocycles. The lowest BCUT2D eigenvalue weighted by molar-refractivity contribution is -0.0445. The number of hydrogen-bond acceptors (Lipinski definition) is 2. The third-order valence-electron chi connectivity index (χ3n) is 5.76. The second-order valence-corrected chi connectivity index (χ2v) is 7.41. The Morgan fingerprint density at radius 3 is 2.12 bits per heavy atom. The largest absolute Gasteiger partial charge is 0.393 e. The predicted molar refractivity (Wildman–Crippen MR) is 104 cm³/mol. The van der Waals surface area contributed by atoms with Crippen molar-refractivity contribution in [2.45, 2.75) is 57.2 Å². The second kappa shape index (κ2) is 8.64. The summed E-state index contributed by atoms with van der Waals surface area (Å²) >= 11 is 0. The van der Waals surface area contributed by atoms with Crippen molar-refractivity contribution >= 4 is 0 Å². The van der Waals surface area contributed by atoms with Gasteiger partial charge in [-0.3, -0.25) is 4.90 Å². The SMILES string of the molecule is CCCCC[C@H]1[C@@H](c2ccccc2)N(C)[C@H](c2ccccc2)C[C@@H]1O. The zero-order valence-corrected chi connectivity index (χ0v) is 15.5. The second-order valence-electron chi connectivity index (χ2n) is 7.41. The molecule has 0 amide bonds. The van der Waals surface area contributed by atoms with Gasteiger partial charge in [0.2, 0.25) is 0 Å². The molecule has 0 saturated carbocycles. The molecule has 25 heavy (non-hydrogen) atoms. The van der Waals surface area contributed by atoms with Crippen molar-refractivity contribution in [1.29, 1.82) is 0 Å². The lowest BCUT2D eigenvalue weighted by Crippen LogP contribution is -2.45. The van der Waals surface area contributed by atoms with Gasteiger partial charge in [-0.1, -0.05) is 86.8 Å². The molecule has 0 unspecified atom stereocenters. The third kappa shape index (κ3) is 4.13. The summed E-state index contributed by atoms with van der Waals surface area (Å²) in [5.74, 6) is 0.305. The Morgan fingerprint density at radius 2 is 1.52 bits per heavy atom. The van der Waals surface area contributed by atoms with Crippen LogP contribution in [0, 0.1) is 5.92 Å². The van der Waals surface area contributed by atoms with E-state index in [-0.39, 0.29) is 18.2 Å². The molecule has 1 N–H and O–H groups in total. The monoisotopic (exact) mass is 337 g/mol. The molecule has 0 aromatic heterocycles. The number of aliphatic hydroxyl groups excluding tert-OH is 1. The van der Waals surface area contributed by atoms with Gasteiger partial charge in [-0.25, -0.2) is 0 Å². The third-order valence-corrected chi connectivity index (χ3v) is 5.76. The van der Waals surface area contributed by atoms with Crippen molar-refractivity contribution in [2.24, 2.45) is 5.92 Å². The van der Waals surface area contributed by atoms with Gasteiger partial charge < -0.3 is 5.11 Å². The molecule has 2 aromatic rings. The predicted octanol–water partition coefficient (Wildman–Crippen LogP) is 5.36. The van der Waals surface area contributed by atoms with E-state index in [1.165, 1.54) is 30.4 Å². The average molecular weight is 338 g/mol. The first-order valence-electron chi connectivity index (χ1n) is 9.72. The zero-order chi connectivity index (χ0) is 17.6. The maximum absolute atomic E-state index is 11.0. The van der Waals surface area contributed by atoms with E-state index >= 15 is 0 Å². The van der Waals surface area contributed by atoms with E-state index in [1.807, 2.05) is 0 Å². The van der Waals surface area contributed by atoms with Crippen LogP contribution in [-0.4, -0.2) is 23.2 Å². The zero-order valence-electron chi connectivity index (χ0n) is 15.5. The smallest absolute Gasteiger partial charge is 0.0604 e. The van der Waals surface area contributed by atoms with Crippen LogP contribution in [0.1, 0.15) is 62.2 Å². The summed E-state index contributed by atoms with van der Waals surface area (Å²) in [5.41, 5.74) is 2.63. The topological polar surface area (TPSA) is 23.5 Å². The van der Waals surface area contributed by atoms with Gasteiger partial charge in [0.15, 0.2) is 0 Å². The first-order chi connectivity index (χ1) is 12.2. The van der Waals surface area contributed by atoms with Crippen LogP contribution in [0.2, 0.25) is 0 Å². The first-order valence-corrected chi connectivity index (χ1v) is 9.72. The molecule has 2 heteroatoms. The van der Waals surface area contributed by atoms with E-state index < -0.39 is 0 Å². The molecule has 1 fully saturated rings. The van der Waals surface area contributed by atoms with E-state index in [1.54, 1.807) is 0 Å². The molecule has 2 nitrogen and oxygen atoms in total. The summed E-state index contributed by atoms with van der Waals surface area (Å²) in [7, 11) is 2.23. The molecule has 0 bridgehead atoms. The van der Waals surface area contributed by atoms with Gasteiger partial charge in [0.05, 0.1) is 6.10 Å². The molecule has 1 saturated heterocycles. The summed E-state index contributed by atoms with van der Waals surface area (Å²) in [6.07, 6.45) is 5.34.